The first-order valence-electron chi connectivity index (χ1n) is 8.55. The van der Waals surface area contributed by atoms with E-state index in [0.29, 0.717) is 11.3 Å². The van der Waals surface area contributed by atoms with Crippen LogP contribution in [-0.4, -0.2) is 30.7 Å². The Bertz CT molecular complexity index is 396. The van der Waals surface area contributed by atoms with Crippen LogP contribution in [0, 0.1) is 23.2 Å². The summed E-state index contributed by atoms with van der Waals surface area (Å²) >= 11 is 0. The highest BCUT2D eigenvalue weighted by Gasteiger charge is 2.53. The van der Waals surface area contributed by atoms with Crippen molar-refractivity contribution in [2.45, 2.75) is 71.1 Å². The summed E-state index contributed by atoms with van der Waals surface area (Å²) in [6.45, 7) is 7.72. The maximum atomic E-state index is 12.5. The van der Waals surface area contributed by atoms with Crippen molar-refractivity contribution in [3.8, 4) is 0 Å². The fourth-order valence-electron chi connectivity index (χ4n) is 4.43. The molecule has 0 radical (unpaired) electrons. The Morgan fingerprint density at radius 2 is 1.81 bits per heavy atom. The van der Waals surface area contributed by atoms with Crippen molar-refractivity contribution in [3.63, 3.8) is 0 Å². The van der Waals surface area contributed by atoms with Crippen LogP contribution in [0.15, 0.2) is 0 Å². The van der Waals surface area contributed by atoms with E-state index in [1.165, 1.54) is 12.8 Å². The first-order valence-corrected chi connectivity index (χ1v) is 8.55. The van der Waals surface area contributed by atoms with E-state index in [4.69, 9.17) is 10.5 Å². The van der Waals surface area contributed by atoms with Gasteiger partial charge in [-0.1, -0.05) is 20.8 Å². The number of rotatable bonds is 2. The van der Waals surface area contributed by atoms with E-state index in [1.54, 1.807) is 0 Å². The van der Waals surface area contributed by atoms with Gasteiger partial charge in [-0.15, -0.1) is 0 Å². The van der Waals surface area contributed by atoms with Gasteiger partial charge in [0.1, 0.15) is 0 Å². The van der Waals surface area contributed by atoms with E-state index in [9.17, 15) is 4.79 Å². The minimum absolute atomic E-state index is 0.0466. The van der Waals surface area contributed by atoms with Crippen molar-refractivity contribution in [2.24, 2.45) is 28.9 Å². The molecular formula is C17H30N2O2. The number of ether oxygens (including phenoxy) is 1. The smallest absolute Gasteiger partial charge is 0.223 e. The summed E-state index contributed by atoms with van der Waals surface area (Å²) < 4.78 is 5.69. The summed E-state index contributed by atoms with van der Waals surface area (Å²) in [6, 6.07) is 0.137. The quantitative estimate of drug-likeness (QED) is 0.819. The van der Waals surface area contributed by atoms with Gasteiger partial charge in [-0.3, -0.25) is 4.79 Å². The molecular weight excluding hydrogens is 264 g/mol. The number of carbonyl (C=O) groups is 1. The summed E-state index contributed by atoms with van der Waals surface area (Å²) in [6.07, 6.45) is 5.60. The van der Waals surface area contributed by atoms with Crippen molar-refractivity contribution >= 4 is 5.91 Å². The normalized spacial score (nSPS) is 43.0. The Morgan fingerprint density at radius 3 is 2.43 bits per heavy atom. The maximum Gasteiger partial charge on any atom is 0.223 e. The average Bonchev–Trinajstić information content (AvgIpc) is 2.88. The molecule has 0 aromatic heterocycles. The second-order valence-electron chi connectivity index (χ2n) is 8.31. The number of hydrogen-bond donors (Lipinski definition) is 2. The highest BCUT2D eigenvalue weighted by atomic mass is 16.5. The number of fused-ring (bicyclic) bond motifs is 1. The zero-order valence-electron chi connectivity index (χ0n) is 13.6. The van der Waals surface area contributed by atoms with Crippen molar-refractivity contribution in [1.82, 2.24) is 5.32 Å². The lowest BCUT2D eigenvalue weighted by molar-refractivity contribution is -0.131. The van der Waals surface area contributed by atoms with Crippen molar-refractivity contribution < 1.29 is 9.53 Å². The van der Waals surface area contributed by atoms with Gasteiger partial charge in [0.2, 0.25) is 5.91 Å². The molecule has 1 amide bonds. The summed E-state index contributed by atoms with van der Waals surface area (Å²) in [7, 11) is 0. The molecule has 4 heteroatoms. The summed E-state index contributed by atoms with van der Waals surface area (Å²) in [4.78, 5) is 12.5. The summed E-state index contributed by atoms with van der Waals surface area (Å²) in [5, 5.41) is 3.17. The number of nitrogens with one attached hydrogen (secondary N) is 1. The van der Waals surface area contributed by atoms with E-state index in [-0.39, 0.29) is 30.0 Å². The molecule has 3 N–H and O–H groups in total. The zero-order chi connectivity index (χ0) is 15.2. The molecule has 1 saturated heterocycles. The van der Waals surface area contributed by atoms with Crippen LogP contribution in [0.4, 0.5) is 0 Å². The molecule has 4 atom stereocenters. The predicted octanol–water partition coefficient (Wildman–Crippen LogP) is 2.07. The molecule has 1 aliphatic heterocycles. The lowest BCUT2D eigenvalue weighted by atomic mass is 9.69. The Labute approximate surface area is 128 Å². The van der Waals surface area contributed by atoms with Crippen LogP contribution in [0.25, 0.3) is 0 Å². The third kappa shape index (κ3) is 2.85. The molecule has 3 fully saturated rings. The van der Waals surface area contributed by atoms with Crippen LogP contribution >= 0.6 is 0 Å². The molecule has 21 heavy (non-hydrogen) atoms. The van der Waals surface area contributed by atoms with E-state index < -0.39 is 0 Å². The molecule has 3 rings (SSSR count). The lowest BCUT2D eigenvalue weighted by Gasteiger charge is -2.46. The third-order valence-electron chi connectivity index (χ3n) is 6.08. The van der Waals surface area contributed by atoms with Gasteiger partial charge < -0.3 is 15.8 Å². The first-order chi connectivity index (χ1) is 9.88. The third-order valence-corrected chi connectivity index (χ3v) is 6.08. The average molecular weight is 294 g/mol. The largest absolute Gasteiger partial charge is 0.376 e. The topological polar surface area (TPSA) is 64.4 Å². The monoisotopic (exact) mass is 294 g/mol. The van der Waals surface area contributed by atoms with E-state index in [2.05, 4.69) is 26.1 Å². The van der Waals surface area contributed by atoms with Crippen LogP contribution in [0.2, 0.25) is 0 Å². The number of hydrogen-bond acceptors (Lipinski definition) is 3. The van der Waals surface area contributed by atoms with Crippen LogP contribution in [-0.2, 0) is 9.53 Å². The number of carbonyl (C=O) groups excluding carboxylic acids is 1. The fourth-order valence-corrected chi connectivity index (χ4v) is 4.43. The highest BCUT2D eigenvalue weighted by molar-refractivity contribution is 5.79. The molecule has 120 valence electrons. The van der Waals surface area contributed by atoms with Gasteiger partial charge in [0.15, 0.2) is 0 Å². The number of amides is 1. The maximum absolute atomic E-state index is 12.5. The fraction of sp³-hybridized carbons (Fsp3) is 0.941. The van der Waals surface area contributed by atoms with Gasteiger partial charge in [-0.2, -0.15) is 0 Å². The standard InChI is InChI=1S/C17H30N2O2/c1-17(2,3)11-6-4-10(5-7-11)16(20)19-14-13(18)12-8-9-21-15(12)14/h10-15H,4-9,18H2,1-3H3,(H,19,20). The molecule has 0 spiro atoms. The lowest BCUT2D eigenvalue weighted by Crippen LogP contribution is -2.69. The molecule has 4 nitrogen and oxygen atoms in total. The Balaban J connectivity index is 1.49. The van der Waals surface area contributed by atoms with Crippen LogP contribution in [0.3, 0.4) is 0 Å². The minimum atomic E-state index is 0.0466. The Kier molecular flexibility index (Phi) is 4.04. The van der Waals surface area contributed by atoms with Gasteiger partial charge in [0, 0.05) is 24.5 Å². The van der Waals surface area contributed by atoms with E-state index >= 15 is 0 Å². The summed E-state index contributed by atoms with van der Waals surface area (Å²) in [5.41, 5.74) is 6.53. The molecule has 2 saturated carbocycles. The summed E-state index contributed by atoms with van der Waals surface area (Å²) in [5.74, 6) is 1.59. The SMILES string of the molecule is CC(C)(C)C1CCC(C(=O)NC2C(N)C3CCOC32)CC1. The molecule has 4 unspecified atom stereocenters. The zero-order valence-corrected chi connectivity index (χ0v) is 13.6. The minimum Gasteiger partial charge on any atom is -0.376 e. The Hall–Kier alpha value is -0.610. The van der Waals surface area contributed by atoms with Crippen molar-refractivity contribution in [1.29, 1.82) is 0 Å². The van der Waals surface area contributed by atoms with E-state index in [0.717, 1.165) is 31.8 Å². The first kappa shape index (κ1) is 15.3. The molecule has 2 aliphatic carbocycles. The van der Waals surface area contributed by atoms with E-state index in [1.807, 2.05) is 0 Å². The molecule has 0 aromatic rings. The molecule has 0 bridgehead atoms. The van der Waals surface area contributed by atoms with Crippen molar-refractivity contribution in [2.75, 3.05) is 6.61 Å². The molecule has 3 aliphatic rings. The highest BCUT2D eigenvalue weighted by Crippen LogP contribution is 2.41. The van der Waals surface area contributed by atoms with Gasteiger partial charge in [-0.25, -0.2) is 0 Å². The van der Waals surface area contributed by atoms with Crippen LogP contribution in [0.5, 0.6) is 0 Å². The predicted molar refractivity (Wildman–Crippen MR) is 82.7 cm³/mol. The molecule has 0 aromatic carbocycles. The second kappa shape index (κ2) is 5.54. The van der Waals surface area contributed by atoms with Crippen molar-refractivity contribution in [3.05, 3.63) is 0 Å². The molecule has 1 heterocycles. The van der Waals surface area contributed by atoms with Gasteiger partial charge in [0.05, 0.1) is 12.1 Å². The van der Waals surface area contributed by atoms with Crippen LogP contribution in [0.1, 0.15) is 52.9 Å². The number of nitrogens with two attached hydrogens (primary N) is 1. The van der Waals surface area contributed by atoms with Gasteiger partial charge in [0.25, 0.3) is 0 Å². The van der Waals surface area contributed by atoms with Crippen LogP contribution < -0.4 is 11.1 Å². The van der Waals surface area contributed by atoms with Gasteiger partial charge in [-0.05, 0) is 43.4 Å². The Morgan fingerprint density at radius 1 is 1.14 bits per heavy atom. The van der Waals surface area contributed by atoms with Gasteiger partial charge >= 0.3 is 0 Å². The second-order valence-corrected chi connectivity index (χ2v) is 8.31.